The zero-order chi connectivity index (χ0) is 13.0. The Bertz CT molecular complexity index is 529. The van der Waals surface area contributed by atoms with Crippen LogP contribution >= 0.6 is 0 Å². The van der Waals surface area contributed by atoms with Gasteiger partial charge in [-0.1, -0.05) is 29.8 Å². The Morgan fingerprint density at radius 2 is 1.67 bits per heavy atom. The van der Waals surface area contributed by atoms with E-state index in [1.165, 1.54) is 11.1 Å². The molecule has 0 aliphatic rings. The molecule has 1 amide bonds. The highest BCUT2D eigenvalue weighted by Gasteiger charge is 1.99. The minimum absolute atomic E-state index is 0.403. The molecule has 0 bridgehead atoms. The van der Waals surface area contributed by atoms with Crippen LogP contribution in [0.4, 0.5) is 5.69 Å². The highest BCUT2D eigenvalue weighted by Crippen LogP contribution is 2.11. The Kier molecular flexibility index (Phi) is 3.63. The normalized spacial score (nSPS) is 10.1. The zero-order valence-corrected chi connectivity index (χ0v) is 10.3. The molecule has 2 aromatic rings. The van der Waals surface area contributed by atoms with Crippen LogP contribution in [0.5, 0.6) is 0 Å². The largest absolute Gasteiger partial charge is 0.381 e. The zero-order valence-electron chi connectivity index (χ0n) is 10.3. The van der Waals surface area contributed by atoms with Crippen LogP contribution in [0.1, 0.15) is 21.5 Å². The summed E-state index contributed by atoms with van der Waals surface area (Å²) in [6.07, 6.45) is 0. The van der Waals surface area contributed by atoms with E-state index in [1.807, 2.05) is 12.1 Å². The Morgan fingerprint density at radius 1 is 1.06 bits per heavy atom. The first kappa shape index (κ1) is 12.2. The quantitative estimate of drug-likeness (QED) is 0.863. The van der Waals surface area contributed by atoms with Gasteiger partial charge in [-0.3, -0.25) is 4.79 Å². The van der Waals surface area contributed by atoms with Gasteiger partial charge in [0.1, 0.15) is 0 Å². The Morgan fingerprint density at radius 3 is 2.22 bits per heavy atom. The smallest absolute Gasteiger partial charge is 0.248 e. The monoisotopic (exact) mass is 240 g/mol. The van der Waals surface area contributed by atoms with E-state index in [-0.39, 0.29) is 0 Å². The lowest BCUT2D eigenvalue weighted by Crippen LogP contribution is -2.10. The van der Waals surface area contributed by atoms with E-state index in [1.54, 1.807) is 12.1 Å². The second kappa shape index (κ2) is 5.36. The molecule has 92 valence electrons. The molecule has 0 saturated heterocycles. The lowest BCUT2D eigenvalue weighted by Gasteiger charge is -2.07. The first-order valence-electron chi connectivity index (χ1n) is 5.84. The van der Waals surface area contributed by atoms with Crippen molar-refractivity contribution < 1.29 is 4.79 Å². The highest BCUT2D eigenvalue weighted by molar-refractivity contribution is 5.93. The Labute approximate surface area is 107 Å². The van der Waals surface area contributed by atoms with Gasteiger partial charge >= 0.3 is 0 Å². The molecule has 3 N–H and O–H groups in total. The van der Waals surface area contributed by atoms with Crippen LogP contribution in [0, 0.1) is 6.92 Å². The van der Waals surface area contributed by atoms with Gasteiger partial charge < -0.3 is 11.1 Å². The van der Waals surface area contributed by atoms with Crippen molar-refractivity contribution in [3.63, 3.8) is 0 Å². The lowest BCUT2D eigenvalue weighted by atomic mass is 10.1. The molecule has 3 heteroatoms. The molecule has 0 aliphatic heterocycles. The van der Waals surface area contributed by atoms with Gasteiger partial charge in [0.05, 0.1) is 0 Å². The van der Waals surface area contributed by atoms with Gasteiger partial charge in [0.15, 0.2) is 0 Å². The maximum absolute atomic E-state index is 10.9. The fourth-order valence-electron chi connectivity index (χ4n) is 1.66. The van der Waals surface area contributed by atoms with E-state index in [9.17, 15) is 4.79 Å². The Balaban J connectivity index is 1.97. The molecule has 18 heavy (non-hydrogen) atoms. The first-order chi connectivity index (χ1) is 8.65. The summed E-state index contributed by atoms with van der Waals surface area (Å²) in [4.78, 5) is 10.9. The van der Waals surface area contributed by atoms with Crippen molar-refractivity contribution in [2.75, 3.05) is 5.32 Å². The topological polar surface area (TPSA) is 55.1 Å². The fraction of sp³-hybridized carbons (Fsp3) is 0.133. The fourth-order valence-corrected chi connectivity index (χ4v) is 1.66. The highest BCUT2D eigenvalue weighted by atomic mass is 16.1. The van der Waals surface area contributed by atoms with Crippen LogP contribution < -0.4 is 11.1 Å². The third kappa shape index (κ3) is 3.10. The number of nitrogens with two attached hydrogens (primary N) is 1. The van der Waals surface area contributed by atoms with Crippen molar-refractivity contribution in [2.45, 2.75) is 13.5 Å². The summed E-state index contributed by atoms with van der Waals surface area (Å²) in [7, 11) is 0. The summed E-state index contributed by atoms with van der Waals surface area (Å²) in [6.45, 7) is 2.83. The van der Waals surface area contributed by atoms with E-state index in [2.05, 4.69) is 36.5 Å². The number of carbonyl (C=O) groups excluding carboxylic acids is 1. The predicted molar refractivity (Wildman–Crippen MR) is 73.5 cm³/mol. The summed E-state index contributed by atoms with van der Waals surface area (Å²) in [5, 5.41) is 3.29. The van der Waals surface area contributed by atoms with Crippen molar-refractivity contribution in [2.24, 2.45) is 5.73 Å². The summed E-state index contributed by atoms with van der Waals surface area (Å²) in [6, 6.07) is 15.5. The second-order valence-corrected chi connectivity index (χ2v) is 4.28. The molecule has 2 aromatic carbocycles. The van der Waals surface area contributed by atoms with Gasteiger partial charge in [0.25, 0.3) is 0 Å². The number of carbonyl (C=O) groups is 1. The Hall–Kier alpha value is -2.29. The first-order valence-corrected chi connectivity index (χ1v) is 5.84. The van der Waals surface area contributed by atoms with Gasteiger partial charge in [-0.2, -0.15) is 0 Å². The number of anilines is 1. The van der Waals surface area contributed by atoms with Crippen molar-refractivity contribution in [3.8, 4) is 0 Å². The van der Waals surface area contributed by atoms with E-state index in [4.69, 9.17) is 5.73 Å². The van der Waals surface area contributed by atoms with Crippen molar-refractivity contribution in [3.05, 3.63) is 65.2 Å². The van der Waals surface area contributed by atoms with Crippen LogP contribution in [0.25, 0.3) is 0 Å². The molecule has 3 nitrogen and oxygen atoms in total. The number of hydrogen-bond acceptors (Lipinski definition) is 2. The molecule has 0 spiro atoms. The molecule has 0 aromatic heterocycles. The van der Waals surface area contributed by atoms with Crippen LogP contribution in [0.2, 0.25) is 0 Å². The summed E-state index contributed by atoms with van der Waals surface area (Å²) in [5.41, 5.74) is 9.16. The van der Waals surface area contributed by atoms with Crippen molar-refractivity contribution >= 4 is 11.6 Å². The number of hydrogen-bond donors (Lipinski definition) is 2. The van der Waals surface area contributed by atoms with E-state index in [0.717, 1.165) is 12.2 Å². The van der Waals surface area contributed by atoms with E-state index in [0.29, 0.717) is 5.56 Å². The SMILES string of the molecule is Cc1ccc(CNc2ccc(C(N)=O)cc2)cc1. The molecule has 0 saturated carbocycles. The molecule has 0 fully saturated rings. The maximum atomic E-state index is 10.9. The van der Waals surface area contributed by atoms with E-state index < -0.39 is 5.91 Å². The number of primary amides is 1. The molecular formula is C15H16N2O. The van der Waals surface area contributed by atoms with Crippen molar-refractivity contribution in [1.29, 1.82) is 0 Å². The van der Waals surface area contributed by atoms with Crippen LogP contribution in [0.3, 0.4) is 0 Å². The molecule has 0 atom stereocenters. The standard InChI is InChI=1S/C15H16N2O/c1-11-2-4-12(5-3-11)10-17-14-8-6-13(7-9-14)15(16)18/h2-9,17H,10H2,1H3,(H2,16,18). The van der Waals surface area contributed by atoms with Gasteiger partial charge in [-0.15, -0.1) is 0 Å². The second-order valence-electron chi connectivity index (χ2n) is 4.28. The van der Waals surface area contributed by atoms with Crippen LogP contribution in [0.15, 0.2) is 48.5 Å². The van der Waals surface area contributed by atoms with Gasteiger partial charge in [0.2, 0.25) is 5.91 Å². The summed E-state index contributed by atoms with van der Waals surface area (Å²) < 4.78 is 0. The molecule has 0 aliphatic carbocycles. The molecule has 0 heterocycles. The number of benzene rings is 2. The third-order valence-corrected chi connectivity index (χ3v) is 2.79. The summed E-state index contributed by atoms with van der Waals surface area (Å²) in [5.74, 6) is -0.403. The molecule has 0 unspecified atom stereocenters. The third-order valence-electron chi connectivity index (χ3n) is 2.79. The molecular weight excluding hydrogens is 224 g/mol. The average Bonchev–Trinajstić information content (AvgIpc) is 2.38. The van der Waals surface area contributed by atoms with E-state index >= 15 is 0 Å². The van der Waals surface area contributed by atoms with Gasteiger partial charge in [-0.25, -0.2) is 0 Å². The maximum Gasteiger partial charge on any atom is 0.248 e. The minimum Gasteiger partial charge on any atom is -0.381 e. The van der Waals surface area contributed by atoms with Gasteiger partial charge in [-0.05, 0) is 36.8 Å². The summed E-state index contributed by atoms with van der Waals surface area (Å²) >= 11 is 0. The average molecular weight is 240 g/mol. The number of amides is 1. The van der Waals surface area contributed by atoms with Crippen LogP contribution in [-0.4, -0.2) is 5.91 Å². The minimum atomic E-state index is -0.403. The molecule has 0 radical (unpaired) electrons. The lowest BCUT2D eigenvalue weighted by molar-refractivity contribution is 0.100. The molecule has 2 rings (SSSR count). The number of rotatable bonds is 4. The number of aryl methyl sites for hydroxylation is 1. The predicted octanol–water partition coefficient (Wildman–Crippen LogP) is 2.71. The van der Waals surface area contributed by atoms with Gasteiger partial charge in [0, 0.05) is 17.8 Å². The van der Waals surface area contributed by atoms with Crippen LogP contribution in [-0.2, 0) is 6.54 Å². The number of nitrogens with one attached hydrogen (secondary N) is 1. The van der Waals surface area contributed by atoms with Crippen molar-refractivity contribution in [1.82, 2.24) is 0 Å².